The van der Waals surface area contributed by atoms with E-state index in [-0.39, 0.29) is 6.10 Å². The van der Waals surface area contributed by atoms with E-state index in [1.54, 1.807) is 0 Å². The number of rotatable bonds is 4. The van der Waals surface area contributed by atoms with Gasteiger partial charge in [-0.3, -0.25) is 5.43 Å². The van der Waals surface area contributed by atoms with Crippen LogP contribution >= 0.6 is 12.2 Å². The zero-order valence-corrected chi connectivity index (χ0v) is 14.7. The second kappa shape index (κ2) is 8.30. The zero-order valence-electron chi connectivity index (χ0n) is 13.8. The average Bonchev–Trinajstić information content (AvgIpc) is 3.01. The Bertz CT molecular complexity index is 615. The van der Waals surface area contributed by atoms with E-state index in [0.29, 0.717) is 24.9 Å². The topological polar surface area (TPSA) is 64.1 Å². The highest BCUT2D eigenvalue weighted by molar-refractivity contribution is 7.80. The number of nitrogens with one attached hydrogen (secondary N) is 2. The van der Waals surface area contributed by atoms with Crippen molar-refractivity contribution in [3.8, 4) is 11.5 Å². The van der Waals surface area contributed by atoms with Gasteiger partial charge in [0.1, 0.15) is 0 Å². The van der Waals surface area contributed by atoms with Crippen molar-refractivity contribution in [1.29, 1.82) is 0 Å². The van der Waals surface area contributed by atoms with Crippen LogP contribution in [0.2, 0.25) is 0 Å². The van der Waals surface area contributed by atoms with Crippen molar-refractivity contribution in [3.63, 3.8) is 0 Å². The molecule has 2 heterocycles. The van der Waals surface area contributed by atoms with Crippen molar-refractivity contribution in [2.24, 2.45) is 5.10 Å². The molecule has 1 atom stereocenters. The molecule has 0 spiro atoms. The van der Waals surface area contributed by atoms with Gasteiger partial charge in [0.15, 0.2) is 16.6 Å². The Morgan fingerprint density at radius 3 is 2.83 bits per heavy atom. The summed E-state index contributed by atoms with van der Waals surface area (Å²) in [6.07, 6.45) is 3.34. The SMILES string of the molecule is C/C(=N/NC(=S)NC[C@@H]1CCCO1)c1ccc2c(c1)OCCCO2. The molecule has 1 saturated heterocycles. The van der Waals surface area contributed by atoms with Gasteiger partial charge in [-0.25, -0.2) is 0 Å². The van der Waals surface area contributed by atoms with Crippen LogP contribution in [0.15, 0.2) is 23.3 Å². The second-order valence-corrected chi connectivity index (χ2v) is 6.27. The summed E-state index contributed by atoms with van der Waals surface area (Å²) in [5.74, 6) is 1.55. The third kappa shape index (κ3) is 4.58. The van der Waals surface area contributed by atoms with Gasteiger partial charge in [0.05, 0.1) is 25.0 Å². The van der Waals surface area contributed by atoms with Gasteiger partial charge in [0, 0.05) is 25.1 Å². The predicted octanol–water partition coefficient (Wildman–Crippen LogP) is 2.21. The first-order valence-electron chi connectivity index (χ1n) is 8.32. The molecule has 1 fully saturated rings. The maximum atomic E-state index is 5.71. The predicted molar refractivity (Wildman–Crippen MR) is 97.0 cm³/mol. The van der Waals surface area contributed by atoms with Crippen LogP contribution in [0.3, 0.4) is 0 Å². The standard InChI is InChI=1S/C17H23N3O3S/c1-12(19-20-17(24)18-11-14-4-2-7-21-14)13-5-6-15-16(10-13)23-9-3-8-22-15/h5-6,10,14H,2-4,7-9,11H2,1H3,(H2,18,20,24)/b19-12-/t14-/m0/s1. The molecule has 2 aliphatic heterocycles. The van der Waals surface area contributed by atoms with E-state index in [1.807, 2.05) is 25.1 Å². The Balaban J connectivity index is 1.54. The van der Waals surface area contributed by atoms with Crippen LogP contribution in [0.4, 0.5) is 0 Å². The van der Waals surface area contributed by atoms with Gasteiger partial charge >= 0.3 is 0 Å². The molecule has 0 aliphatic carbocycles. The summed E-state index contributed by atoms with van der Waals surface area (Å²) in [5, 5.41) is 7.97. The molecule has 0 amide bonds. The molecule has 0 aromatic heterocycles. The molecule has 1 aromatic carbocycles. The van der Waals surface area contributed by atoms with Gasteiger partial charge in [-0.05, 0) is 50.2 Å². The van der Waals surface area contributed by atoms with Gasteiger partial charge < -0.3 is 19.5 Å². The van der Waals surface area contributed by atoms with Crippen molar-refractivity contribution < 1.29 is 14.2 Å². The summed E-state index contributed by atoms with van der Waals surface area (Å²) in [7, 11) is 0. The first-order valence-corrected chi connectivity index (χ1v) is 8.73. The van der Waals surface area contributed by atoms with Crippen LogP contribution in [0.5, 0.6) is 11.5 Å². The third-order valence-electron chi connectivity index (χ3n) is 4.00. The fraction of sp³-hybridized carbons (Fsp3) is 0.529. The molecule has 6 nitrogen and oxygen atoms in total. The first-order chi connectivity index (χ1) is 11.7. The van der Waals surface area contributed by atoms with Crippen molar-refractivity contribution >= 4 is 23.0 Å². The highest BCUT2D eigenvalue weighted by Crippen LogP contribution is 2.30. The average molecular weight is 349 g/mol. The maximum absolute atomic E-state index is 5.71. The number of ether oxygens (including phenoxy) is 3. The van der Waals surface area contributed by atoms with Crippen LogP contribution < -0.4 is 20.2 Å². The highest BCUT2D eigenvalue weighted by Gasteiger charge is 2.15. The Labute approximate surface area is 147 Å². The summed E-state index contributed by atoms with van der Waals surface area (Å²) in [6, 6.07) is 5.84. The van der Waals surface area contributed by atoms with E-state index in [1.165, 1.54) is 0 Å². The molecule has 0 bridgehead atoms. The molecule has 0 saturated carbocycles. The van der Waals surface area contributed by atoms with E-state index in [4.69, 9.17) is 26.4 Å². The van der Waals surface area contributed by atoms with Gasteiger partial charge in [-0.1, -0.05) is 0 Å². The Morgan fingerprint density at radius 2 is 2.04 bits per heavy atom. The first kappa shape index (κ1) is 17.0. The number of benzene rings is 1. The number of hydrogen-bond acceptors (Lipinski definition) is 5. The molecule has 2 N–H and O–H groups in total. The molecule has 3 rings (SSSR count). The summed E-state index contributed by atoms with van der Waals surface area (Å²) in [6.45, 7) is 4.83. The van der Waals surface area contributed by atoms with Crippen molar-refractivity contribution in [2.45, 2.75) is 32.3 Å². The number of nitrogens with zero attached hydrogens (tertiary/aromatic N) is 1. The Kier molecular flexibility index (Phi) is 5.87. The van der Waals surface area contributed by atoms with E-state index < -0.39 is 0 Å². The lowest BCUT2D eigenvalue weighted by molar-refractivity contribution is 0.114. The maximum Gasteiger partial charge on any atom is 0.187 e. The fourth-order valence-corrected chi connectivity index (χ4v) is 2.77. The van der Waals surface area contributed by atoms with E-state index in [9.17, 15) is 0 Å². The minimum atomic E-state index is 0.247. The van der Waals surface area contributed by atoms with Gasteiger partial charge in [0.2, 0.25) is 0 Å². The Morgan fingerprint density at radius 1 is 1.21 bits per heavy atom. The third-order valence-corrected chi connectivity index (χ3v) is 4.24. The van der Waals surface area contributed by atoms with E-state index in [2.05, 4.69) is 15.8 Å². The molecule has 1 aromatic rings. The largest absolute Gasteiger partial charge is 0.490 e. The molecule has 0 unspecified atom stereocenters. The van der Waals surface area contributed by atoms with E-state index >= 15 is 0 Å². The minimum Gasteiger partial charge on any atom is -0.490 e. The fourth-order valence-electron chi connectivity index (χ4n) is 2.64. The second-order valence-electron chi connectivity index (χ2n) is 5.87. The lowest BCUT2D eigenvalue weighted by Crippen LogP contribution is -2.37. The van der Waals surface area contributed by atoms with Crippen molar-refractivity contribution in [1.82, 2.24) is 10.7 Å². The van der Waals surface area contributed by atoms with Crippen LogP contribution in [0.1, 0.15) is 31.7 Å². The summed E-state index contributed by atoms with van der Waals surface area (Å²) >= 11 is 5.24. The highest BCUT2D eigenvalue weighted by atomic mass is 32.1. The monoisotopic (exact) mass is 349 g/mol. The minimum absolute atomic E-state index is 0.247. The molecular weight excluding hydrogens is 326 g/mol. The van der Waals surface area contributed by atoms with Crippen molar-refractivity contribution in [3.05, 3.63) is 23.8 Å². The Hall–Kier alpha value is -1.86. The number of thiocarbonyl (C=S) groups is 1. The van der Waals surface area contributed by atoms with Gasteiger partial charge in [-0.15, -0.1) is 0 Å². The van der Waals surface area contributed by atoms with Gasteiger partial charge in [-0.2, -0.15) is 5.10 Å². The molecule has 0 radical (unpaired) electrons. The number of fused-ring (bicyclic) bond motifs is 1. The summed E-state index contributed by atoms with van der Waals surface area (Å²) in [4.78, 5) is 0. The van der Waals surface area contributed by atoms with Gasteiger partial charge in [0.25, 0.3) is 0 Å². The van der Waals surface area contributed by atoms with Crippen LogP contribution in [-0.2, 0) is 4.74 Å². The zero-order chi connectivity index (χ0) is 16.8. The van der Waals surface area contributed by atoms with Crippen molar-refractivity contribution in [2.75, 3.05) is 26.4 Å². The molecular formula is C17H23N3O3S. The van der Waals surface area contributed by atoms with Crippen LogP contribution in [-0.4, -0.2) is 43.3 Å². The quantitative estimate of drug-likeness (QED) is 0.494. The lowest BCUT2D eigenvalue weighted by atomic mass is 10.1. The molecule has 24 heavy (non-hydrogen) atoms. The summed E-state index contributed by atoms with van der Waals surface area (Å²) < 4.78 is 16.9. The molecule has 2 aliphatic rings. The molecule has 130 valence electrons. The lowest BCUT2D eigenvalue weighted by Gasteiger charge is -2.12. The van der Waals surface area contributed by atoms with E-state index in [0.717, 1.165) is 48.6 Å². The normalized spacial score (nSPS) is 20.4. The number of hydrazone groups is 1. The van der Waals surface area contributed by atoms with Crippen LogP contribution in [0, 0.1) is 0 Å². The summed E-state index contributed by atoms with van der Waals surface area (Å²) in [5.41, 5.74) is 4.67. The smallest absolute Gasteiger partial charge is 0.187 e. The van der Waals surface area contributed by atoms with Crippen LogP contribution in [0.25, 0.3) is 0 Å². The molecule has 7 heteroatoms. The number of hydrogen-bond donors (Lipinski definition) is 2.